The number of oxazole rings is 1. The average Bonchev–Trinajstić information content (AvgIpc) is 3.28. The third-order valence-corrected chi connectivity index (χ3v) is 8.31. The molecule has 31 heavy (non-hydrogen) atoms. The molecule has 2 fully saturated rings. The number of amides is 1. The van der Waals surface area contributed by atoms with Crippen LogP contribution in [-0.4, -0.2) is 61.9 Å². The Balaban J connectivity index is 1.81. The molecule has 0 spiro atoms. The number of nitrogens with zero attached hydrogens (tertiary/aromatic N) is 3. The number of benzene rings is 1. The van der Waals surface area contributed by atoms with Crippen LogP contribution in [0.5, 0.6) is 0 Å². The van der Waals surface area contributed by atoms with Crippen LogP contribution in [-0.2, 0) is 19.4 Å². The molecule has 0 bridgehead atoms. The van der Waals surface area contributed by atoms with E-state index in [9.17, 15) is 13.2 Å². The lowest BCUT2D eigenvalue weighted by molar-refractivity contribution is -0.121. The van der Waals surface area contributed by atoms with Crippen molar-refractivity contribution in [2.45, 2.75) is 23.8 Å². The van der Waals surface area contributed by atoms with Crippen LogP contribution in [0.4, 0.5) is 5.88 Å². The molecule has 4 rings (SSSR count). The Morgan fingerprint density at radius 2 is 1.90 bits per heavy atom. The molecule has 2 aliphatic heterocycles. The minimum Gasteiger partial charge on any atom is -0.420 e. The fraction of sp³-hybridized carbons (Fsp3) is 0.350. The Kier molecular flexibility index (Phi) is 5.95. The summed E-state index contributed by atoms with van der Waals surface area (Å²) in [5, 5.41) is -0.170. The van der Waals surface area contributed by atoms with Gasteiger partial charge in [0.05, 0.1) is 23.0 Å². The summed E-state index contributed by atoms with van der Waals surface area (Å²) in [4.78, 5) is 20.3. The first-order chi connectivity index (χ1) is 14.7. The van der Waals surface area contributed by atoms with Gasteiger partial charge in [-0.05, 0) is 37.1 Å². The number of aryl methyl sites for hydroxylation is 2. The number of morpholine rings is 1. The number of ether oxygens (including phenoxy) is 1. The number of carbonyl (C=O) groups is 1. The van der Waals surface area contributed by atoms with Crippen molar-refractivity contribution in [1.29, 1.82) is 0 Å². The second kappa shape index (κ2) is 8.38. The van der Waals surface area contributed by atoms with Crippen LogP contribution < -0.4 is 4.90 Å². The van der Waals surface area contributed by atoms with Gasteiger partial charge >= 0.3 is 0 Å². The minimum absolute atomic E-state index is 0.0397. The molecular formula is C20H21N3O5S3. The molecule has 0 saturated carbocycles. The van der Waals surface area contributed by atoms with E-state index >= 15 is 0 Å². The van der Waals surface area contributed by atoms with Gasteiger partial charge in [0.1, 0.15) is 4.32 Å². The van der Waals surface area contributed by atoms with Crippen LogP contribution in [0.3, 0.4) is 0 Å². The van der Waals surface area contributed by atoms with E-state index in [2.05, 4.69) is 4.98 Å². The maximum Gasteiger partial charge on any atom is 0.266 e. The van der Waals surface area contributed by atoms with Gasteiger partial charge in [-0.1, -0.05) is 30.0 Å². The minimum atomic E-state index is -3.95. The van der Waals surface area contributed by atoms with Crippen LogP contribution >= 0.6 is 24.0 Å². The van der Waals surface area contributed by atoms with Crippen molar-refractivity contribution in [3.8, 4) is 0 Å². The van der Waals surface area contributed by atoms with Crippen LogP contribution in [0.2, 0.25) is 0 Å². The normalized spacial score (nSPS) is 19.0. The molecular weight excluding hydrogens is 458 g/mol. The Morgan fingerprint density at radius 1 is 1.19 bits per heavy atom. The van der Waals surface area contributed by atoms with E-state index in [1.54, 1.807) is 30.1 Å². The lowest BCUT2D eigenvalue weighted by atomic mass is 10.1. The molecule has 0 N–H and O–H groups in total. The van der Waals surface area contributed by atoms with Crippen LogP contribution in [0.1, 0.15) is 17.0 Å². The third-order valence-electron chi connectivity index (χ3n) is 5.18. The molecule has 0 atom stereocenters. The predicted molar refractivity (Wildman–Crippen MR) is 122 cm³/mol. The SMILES string of the molecule is Cc1ccc(S(=O)(=O)c2nc(C=C3SC(=S)N(C)C3=O)oc2N2CCOCC2)cc1C. The van der Waals surface area contributed by atoms with E-state index in [-0.39, 0.29) is 27.6 Å². The second-order valence-corrected chi connectivity index (χ2v) is 10.8. The first-order valence-corrected chi connectivity index (χ1v) is 12.3. The molecule has 1 aromatic carbocycles. The van der Waals surface area contributed by atoms with Gasteiger partial charge in [-0.3, -0.25) is 9.69 Å². The van der Waals surface area contributed by atoms with E-state index in [1.165, 1.54) is 11.0 Å². The molecule has 2 saturated heterocycles. The number of sulfone groups is 1. The smallest absolute Gasteiger partial charge is 0.266 e. The summed E-state index contributed by atoms with van der Waals surface area (Å²) in [5.41, 5.74) is 1.86. The molecule has 1 aromatic heterocycles. The highest BCUT2D eigenvalue weighted by molar-refractivity contribution is 8.26. The van der Waals surface area contributed by atoms with Crippen molar-refractivity contribution < 1.29 is 22.4 Å². The van der Waals surface area contributed by atoms with Crippen molar-refractivity contribution in [2.75, 3.05) is 38.3 Å². The number of anilines is 1. The van der Waals surface area contributed by atoms with Crippen molar-refractivity contribution in [3.63, 3.8) is 0 Å². The van der Waals surface area contributed by atoms with Gasteiger partial charge in [0.25, 0.3) is 5.91 Å². The topological polar surface area (TPSA) is 93.0 Å². The Labute approximate surface area is 190 Å². The number of rotatable bonds is 4. The Morgan fingerprint density at radius 3 is 2.52 bits per heavy atom. The highest BCUT2D eigenvalue weighted by atomic mass is 32.2. The van der Waals surface area contributed by atoms with Crippen LogP contribution in [0.15, 0.2) is 37.4 Å². The standard InChI is InChI=1S/C20H21N3O5S3/c1-12-4-5-14(10-13(12)2)31(25,26)17-19(23-6-8-27-9-7-23)28-16(21-17)11-15-18(24)22(3)20(29)30-15/h4-5,10-11H,6-9H2,1-3H3. The molecule has 2 aromatic rings. The predicted octanol–water partition coefficient (Wildman–Crippen LogP) is 2.79. The maximum atomic E-state index is 13.5. The fourth-order valence-electron chi connectivity index (χ4n) is 3.17. The van der Waals surface area contributed by atoms with Gasteiger partial charge in [-0.15, -0.1) is 0 Å². The zero-order valence-electron chi connectivity index (χ0n) is 17.2. The molecule has 1 amide bonds. The van der Waals surface area contributed by atoms with Crippen molar-refractivity contribution >= 4 is 56.0 Å². The summed E-state index contributed by atoms with van der Waals surface area (Å²) in [6, 6.07) is 4.96. The van der Waals surface area contributed by atoms with E-state index in [1.807, 2.05) is 13.8 Å². The molecule has 3 heterocycles. The zero-order chi connectivity index (χ0) is 22.3. The van der Waals surface area contributed by atoms with Gasteiger partial charge in [-0.2, -0.15) is 4.98 Å². The van der Waals surface area contributed by atoms with Crippen LogP contribution in [0, 0.1) is 13.8 Å². The number of thiocarbonyl (C=S) groups is 1. The first kappa shape index (κ1) is 22.0. The van der Waals surface area contributed by atoms with Crippen molar-refractivity contribution in [2.24, 2.45) is 0 Å². The Bertz CT molecular complexity index is 1200. The summed E-state index contributed by atoms with van der Waals surface area (Å²) < 4.78 is 38.6. The van der Waals surface area contributed by atoms with Gasteiger partial charge in [0.2, 0.25) is 26.6 Å². The first-order valence-electron chi connectivity index (χ1n) is 9.56. The number of hydrogen-bond acceptors (Lipinski definition) is 9. The summed E-state index contributed by atoms with van der Waals surface area (Å²) in [6.07, 6.45) is 1.44. The number of aromatic nitrogens is 1. The molecule has 164 valence electrons. The van der Waals surface area contributed by atoms with Crippen LogP contribution in [0.25, 0.3) is 6.08 Å². The molecule has 2 aliphatic rings. The molecule has 8 nitrogen and oxygen atoms in total. The summed E-state index contributed by atoms with van der Waals surface area (Å²) >= 11 is 6.27. The molecule has 0 aliphatic carbocycles. The number of thioether (sulfide) groups is 1. The average molecular weight is 480 g/mol. The lowest BCUT2D eigenvalue weighted by Crippen LogP contribution is -2.36. The number of carbonyl (C=O) groups excluding carboxylic acids is 1. The summed E-state index contributed by atoms with van der Waals surface area (Å²) in [5.74, 6) is -0.0858. The second-order valence-electron chi connectivity index (χ2n) is 7.25. The largest absolute Gasteiger partial charge is 0.420 e. The molecule has 0 radical (unpaired) electrons. The van der Waals surface area contributed by atoms with Gasteiger partial charge in [0.15, 0.2) is 0 Å². The summed E-state index contributed by atoms with van der Waals surface area (Å²) in [7, 11) is -2.36. The van der Waals surface area contributed by atoms with E-state index in [0.29, 0.717) is 35.5 Å². The molecule has 0 unspecified atom stereocenters. The third kappa shape index (κ3) is 4.14. The monoisotopic (exact) mass is 479 g/mol. The Hall–Kier alpha value is -2.21. The number of likely N-dealkylation sites (N-methyl/N-ethyl adjacent to an activating group) is 1. The maximum absolute atomic E-state index is 13.5. The van der Waals surface area contributed by atoms with Gasteiger partial charge in [0, 0.05) is 26.2 Å². The highest BCUT2D eigenvalue weighted by Gasteiger charge is 2.33. The number of hydrogen-bond donors (Lipinski definition) is 0. The lowest BCUT2D eigenvalue weighted by Gasteiger charge is -2.26. The van der Waals surface area contributed by atoms with Gasteiger partial charge in [-0.25, -0.2) is 8.42 Å². The quantitative estimate of drug-likeness (QED) is 0.485. The molecule has 11 heteroatoms. The summed E-state index contributed by atoms with van der Waals surface area (Å²) in [6.45, 7) is 5.63. The van der Waals surface area contributed by atoms with Gasteiger partial charge < -0.3 is 14.1 Å². The van der Waals surface area contributed by atoms with Crippen molar-refractivity contribution in [1.82, 2.24) is 9.88 Å². The van der Waals surface area contributed by atoms with E-state index in [0.717, 1.165) is 22.9 Å². The highest BCUT2D eigenvalue weighted by Crippen LogP contribution is 2.35. The fourth-order valence-corrected chi connectivity index (χ4v) is 5.72. The zero-order valence-corrected chi connectivity index (χ0v) is 19.7. The van der Waals surface area contributed by atoms with Crippen molar-refractivity contribution in [3.05, 3.63) is 40.1 Å². The van der Waals surface area contributed by atoms with E-state index in [4.69, 9.17) is 21.4 Å². The van der Waals surface area contributed by atoms with E-state index < -0.39 is 9.84 Å².